The zero-order chi connectivity index (χ0) is 17.1. The standard InChI is InChI=1S/C18H22N4O2/c1-24-10-7-12-14(20)11-21-17-13-5-2-3-6-15(13)22(9-4-8-19)18(23)16(12)17/h2-3,5-6,20H,4,7-11,19H2,1H3. The first-order valence-corrected chi connectivity index (χ1v) is 8.15. The van der Waals surface area contributed by atoms with Crippen LogP contribution in [-0.2, 0) is 11.3 Å². The lowest BCUT2D eigenvalue weighted by Crippen LogP contribution is -2.50. The van der Waals surface area contributed by atoms with Crippen LogP contribution in [0.2, 0.25) is 0 Å². The van der Waals surface area contributed by atoms with Crippen molar-refractivity contribution >= 4 is 22.2 Å². The molecule has 0 fully saturated rings. The summed E-state index contributed by atoms with van der Waals surface area (Å²) >= 11 is 0. The van der Waals surface area contributed by atoms with E-state index in [2.05, 4.69) is 4.99 Å². The fourth-order valence-corrected chi connectivity index (χ4v) is 3.18. The number of nitrogens with two attached hydrogens (primary N) is 1. The fraction of sp³-hybridized carbons (Fsp3) is 0.389. The number of nitrogens with zero attached hydrogens (tertiary/aromatic N) is 2. The zero-order valence-corrected chi connectivity index (χ0v) is 13.8. The summed E-state index contributed by atoms with van der Waals surface area (Å²) in [5.41, 5.74) is 7.57. The largest absolute Gasteiger partial charge is 0.384 e. The number of nitrogens with one attached hydrogen (secondary N) is 1. The van der Waals surface area contributed by atoms with Crippen LogP contribution in [0.25, 0.3) is 16.5 Å². The predicted octanol–water partition coefficient (Wildman–Crippen LogP) is 0.190. The average molecular weight is 326 g/mol. The molecular weight excluding hydrogens is 304 g/mol. The van der Waals surface area contributed by atoms with Crippen molar-refractivity contribution in [3.63, 3.8) is 0 Å². The Hall–Kier alpha value is -2.31. The quantitative estimate of drug-likeness (QED) is 0.793. The van der Waals surface area contributed by atoms with Crippen molar-refractivity contribution in [2.45, 2.75) is 19.4 Å². The lowest BCUT2D eigenvalue weighted by atomic mass is 10.00. The minimum Gasteiger partial charge on any atom is -0.384 e. The van der Waals surface area contributed by atoms with E-state index in [9.17, 15) is 4.79 Å². The first-order valence-electron chi connectivity index (χ1n) is 8.15. The number of pyridine rings is 1. The minimum absolute atomic E-state index is 0.0866. The van der Waals surface area contributed by atoms with Crippen LogP contribution in [0.5, 0.6) is 0 Å². The molecule has 0 unspecified atom stereocenters. The van der Waals surface area contributed by atoms with E-state index in [0.717, 1.165) is 22.9 Å². The molecule has 2 aromatic rings. The molecule has 3 rings (SSSR count). The summed E-state index contributed by atoms with van der Waals surface area (Å²) in [7, 11) is 1.62. The molecule has 0 saturated heterocycles. The molecule has 24 heavy (non-hydrogen) atoms. The molecule has 1 aliphatic rings. The number of rotatable bonds is 6. The van der Waals surface area contributed by atoms with Crippen LogP contribution in [0.1, 0.15) is 12.8 Å². The Labute approximate surface area is 139 Å². The Balaban J connectivity index is 2.43. The van der Waals surface area contributed by atoms with Gasteiger partial charge in [0.2, 0.25) is 0 Å². The Bertz CT molecular complexity index is 959. The number of hydrogen-bond donors (Lipinski definition) is 2. The summed E-state index contributed by atoms with van der Waals surface area (Å²) in [6, 6.07) is 7.80. The van der Waals surface area contributed by atoms with Crippen molar-refractivity contribution in [2.75, 3.05) is 26.8 Å². The Morgan fingerprint density at radius 2 is 2.17 bits per heavy atom. The van der Waals surface area contributed by atoms with E-state index in [0.29, 0.717) is 48.9 Å². The molecule has 1 aromatic carbocycles. The van der Waals surface area contributed by atoms with Gasteiger partial charge in [-0.05, 0) is 31.0 Å². The Morgan fingerprint density at radius 3 is 2.92 bits per heavy atom. The van der Waals surface area contributed by atoms with E-state index in [1.165, 1.54) is 0 Å². The fourth-order valence-electron chi connectivity index (χ4n) is 3.18. The normalized spacial score (nSPS) is 13.9. The van der Waals surface area contributed by atoms with Crippen LogP contribution < -0.4 is 21.9 Å². The summed E-state index contributed by atoms with van der Waals surface area (Å²) in [4.78, 5) is 17.7. The van der Waals surface area contributed by atoms with Gasteiger partial charge in [-0.25, -0.2) is 0 Å². The van der Waals surface area contributed by atoms with Gasteiger partial charge in [-0.1, -0.05) is 18.2 Å². The highest BCUT2D eigenvalue weighted by molar-refractivity contribution is 6.18. The van der Waals surface area contributed by atoms with E-state index in [-0.39, 0.29) is 5.56 Å². The summed E-state index contributed by atoms with van der Waals surface area (Å²) in [6.07, 6.45) is 1.27. The third kappa shape index (κ3) is 2.79. The maximum absolute atomic E-state index is 13.2. The highest BCUT2D eigenvalue weighted by Gasteiger charge is 2.18. The van der Waals surface area contributed by atoms with Crippen molar-refractivity contribution in [3.05, 3.63) is 45.2 Å². The van der Waals surface area contributed by atoms with Gasteiger partial charge in [0, 0.05) is 19.0 Å². The minimum atomic E-state index is -0.0866. The Morgan fingerprint density at radius 1 is 1.38 bits per heavy atom. The summed E-state index contributed by atoms with van der Waals surface area (Å²) < 4.78 is 6.92. The van der Waals surface area contributed by atoms with Crippen molar-refractivity contribution in [2.24, 2.45) is 10.7 Å². The number of fused-ring (bicyclic) bond motifs is 3. The number of ether oxygens (including phenoxy) is 1. The summed E-state index contributed by atoms with van der Waals surface area (Å²) in [6.45, 7) is 1.88. The number of benzene rings is 1. The molecule has 2 heterocycles. The van der Waals surface area contributed by atoms with Gasteiger partial charge in [0.25, 0.3) is 5.56 Å². The summed E-state index contributed by atoms with van der Waals surface area (Å²) in [5.74, 6) is 0. The van der Waals surface area contributed by atoms with Crippen molar-refractivity contribution in [1.29, 1.82) is 5.41 Å². The van der Waals surface area contributed by atoms with Gasteiger partial charge in [0.05, 0.1) is 35.0 Å². The van der Waals surface area contributed by atoms with Gasteiger partial charge >= 0.3 is 0 Å². The third-order valence-electron chi connectivity index (χ3n) is 4.35. The van der Waals surface area contributed by atoms with Gasteiger partial charge in [-0.15, -0.1) is 0 Å². The molecule has 3 N–H and O–H groups in total. The number of methoxy groups -OCH3 is 1. The zero-order valence-electron chi connectivity index (χ0n) is 13.8. The molecule has 1 aliphatic heterocycles. The number of para-hydroxylation sites is 1. The van der Waals surface area contributed by atoms with Crippen molar-refractivity contribution in [3.8, 4) is 0 Å². The molecule has 0 aliphatic carbocycles. The molecule has 126 valence electrons. The van der Waals surface area contributed by atoms with Crippen LogP contribution in [0, 0.1) is 5.41 Å². The van der Waals surface area contributed by atoms with Gasteiger partial charge in [-0.2, -0.15) is 0 Å². The molecule has 0 spiro atoms. The number of aryl methyl sites for hydroxylation is 1. The average Bonchev–Trinajstić information content (AvgIpc) is 2.60. The van der Waals surface area contributed by atoms with Crippen molar-refractivity contribution < 1.29 is 4.74 Å². The molecule has 0 radical (unpaired) electrons. The van der Waals surface area contributed by atoms with Crippen LogP contribution in [0.15, 0.2) is 34.1 Å². The van der Waals surface area contributed by atoms with E-state index in [1.807, 2.05) is 24.3 Å². The van der Waals surface area contributed by atoms with Crippen molar-refractivity contribution in [1.82, 2.24) is 4.57 Å². The van der Waals surface area contributed by atoms with E-state index < -0.39 is 0 Å². The van der Waals surface area contributed by atoms with Gasteiger partial charge in [0.15, 0.2) is 0 Å². The maximum Gasteiger partial charge on any atom is 0.260 e. The highest BCUT2D eigenvalue weighted by Crippen LogP contribution is 2.10. The van der Waals surface area contributed by atoms with Crippen LogP contribution in [0.3, 0.4) is 0 Å². The molecule has 0 bridgehead atoms. The molecule has 6 nitrogen and oxygen atoms in total. The molecule has 1 aromatic heterocycles. The van der Waals surface area contributed by atoms with Gasteiger partial charge < -0.3 is 20.4 Å². The molecular formula is C18H22N4O2. The van der Waals surface area contributed by atoms with Gasteiger partial charge in [-0.3, -0.25) is 9.79 Å². The monoisotopic (exact) mass is 326 g/mol. The molecule has 0 saturated carbocycles. The lowest BCUT2D eigenvalue weighted by Gasteiger charge is -2.16. The van der Waals surface area contributed by atoms with E-state index in [1.54, 1.807) is 11.7 Å². The highest BCUT2D eigenvalue weighted by atomic mass is 16.5. The van der Waals surface area contributed by atoms with E-state index in [4.69, 9.17) is 15.9 Å². The first kappa shape index (κ1) is 16.5. The predicted molar refractivity (Wildman–Crippen MR) is 95.2 cm³/mol. The number of hydrogen-bond acceptors (Lipinski definition) is 5. The first-order chi connectivity index (χ1) is 11.7. The molecule has 0 atom stereocenters. The second kappa shape index (κ2) is 7.07. The second-order valence-electron chi connectivity index (χ2n) is 5.86. The van der Waals surface area contributed by atoms with E-state index >= 15 is 0 Å². The molecule has 6 heteroatoms. The van der Waals surface area contributed by atoms with Crippen LogP contribution in [-0.4, -0.2) is 37.1 Å². The Kier molecular flexibility index (Phi) is 4.87. The smallest absolute Gasteiger partial charge is 0.260 e. The number of aromatic nitrogens is 1. The maximum atomic E-state index is 13.2. The van der Waals surface area contributed by atoms with Crippen LogP contribution in [0.4, 0.5) is 0 Å². The second-order valence-corrected chi connectivity index (χ2v) is 5.86. The summed E-state index contributed by atoms with van der Waals surface area (Å²) in [5, 5.41) is 10.4. The third-order valence-corrected chi connectivity index (χ3v) is 4.35. The molecule has 0 amide bonds. The lowest BCUT2D eigenvalue weighted by molar-refractivity contribution is 0.206. The van der Waals surface area contributed by atoms with Gasteiger partial charge in [0.1, 0.15) is 0 Å². The SMILES string of the molecule is COCCC1=c2c(c3ccccc3n(CCCN)c2=O)=NCC1=N. The van der Waals surface area contributed by atoms with Crippen LogP contribution >= 0.6 is 0 Å². The topological polar surface area (TPSA) is 93.5 Å².